The standard InChI is InChI=1S/C18H31NO6/c1-17(2,3)25-16(21)14-7-6-13(19-14)12(15(20)22-5)8-9-18(4)23-10-11-24-18/h12-14,19H,6-11H2,1-5H3/t12?,13-,14+/m1/s1. The van der Waals surface area contributed by atoms with Crippen molar-refractivity contribution in [1.29, 1.82) is 0 Å². The van der Waals surface area contributed by atoms with Crippen molar-refractivity contribution in [1.82, 2.24) is 5.32 Å². The molecule has 0 bridgehead atoms. The second kappa shape index (κ2) is 8.01. The van der Waals surface area contributed by atoms with Crippen LogP contribution < -0.4 is 5.32 Å². The number of nitrogens with one attached hydrogen (secondary N) is 1. The summed E-state index contributed by atoms with van der Waals surface area (Å²) in [5, 5.41) is 3.26. The van der Waals surface area contributed by atoms with E-state index >= 15 is 0 Å². The summed E-state index contributed by atoms with van der Waals surface area (Å²) in [6.07, 6.45) is 2.55. The lowest BCUT2D eigenvalue weighted by atomic mass is 9.91. The molecule has 2 aliphatic heterocycles. The average molecular weight is 357 g/mol. The summed E-state index contributed by atoms with van der Waals surface area (Å²) in [6, 6.07) is -0.499. The van der Waals surface area contributed by atoms with Crippen LogP contribution in [0.4, 0.5) is 0 Å². The third kappa shape index (κ3) is 5.66. The largest absolute Gasteiger partial charge is 0.469 e. The number of esters is 2. The van der Waals surface area contributed by atoms with Gasteiger partial charge in [0, 0.05) is 12.5 Å². The molecule has 7 nitrogen and oxygen atoms in total. The van der Waals surface area contributed by atoms with Crippen LogP contribution in [0, 0.1) is 5.92 Å². The predicted molar refractivity (Wildman–Crippen MR) is 90.8 cm³/mol. The van der Waals surface area contributed by atoms with Crippen LogP contribution in [-0.2, 0) is 28.5 Å². The Bertz CT molecular complexity index is 480. The Labute approximate surface area is 149 Å². The third-order valence-corrected chi connectivity index (χ3v) is 4.67. The van der Waals surface area contributed by atoms with E-state index < -0.39 is 11.4 Å². The maximum atomic E-state index is 12.3. The summed E-state index contributed by atoms with van der Waals surface area (Å²) in [7, 11) is 1.39. The van der Waals surface area contributed by atoms with Crippen molar-refractivity contribution < 1.29 is 28.5 Å². The predicted octanol–water partition coefficient (Wildman–Crippen LogP) is 1.78. The van der Waals surface area contributed by atoms with Crippen LogP contribution in [0.15, 0.2) is 0 Å². The molecule has 0 aromatic carbocycles. The quantitative estimate of drug-likeness (QED) is 0.726. The van der Waals surface area contributed by atoms with E-state index in [-0.39, 0.29) is 29.9 Å². The Morgan fingerprint density at radius 2 is 1.88 bits per heavy atom. The third-order valence-electron chi connectivity index (χ3n) is 4.67. The van der Waals surface area contributed by atoms with Gasteiger partial charge in [0.25, 0.3) is 0 Å². The van der Waals surface area contributed by atoms with Crippen LogP contribution in [0.5, 0.6) is 0 Å². The molecular weight excluding hydrogens is 326 g/mol. The topological polar surface area (TPSA) is 83.1 Å². The van der Waals surface area contributed by atoms with Crippen molar-refractivity contribution in [3.63, 3.8) is 0 Å². The van der Waals surface area contributed by atoms with Crippen molar-refractivity contribution in [2.75, 3.05) is 20.3 Å². The Kier molecular flexibility index (Phi) is 6.45. The number of hydrogen-bond acceptors (Lipinski definition) is 7. The molecule has 0 radical (unpaired) electrons. The van der Waals surface area contributed by atoms with Crippen LogP contribution in [0.1, 0.15) is 53.4 Å². The molecule has 2 aliphatic rings. The first-order valence-corrected chi connectivity index (χ1v) is 8.98. The summed E-state index contributed by atoms with van der Waals surface area (Å²) in [5.41, 5.74) is -0.523. The highest BCUT2D eigenvalue weighted by Crippen LogP contribution is 2.30. The Morgan fingerprint density at radius 3 is 2.44 bits per heavy atom. The number of hydrogen-bond donors (Lipinski definition) is 1. The van der Waals surface area contributed by atoms with Crippen LogP contribution in [-0.4, -0.2) is 55.7 Å². The number of methoxy groups -OCH3 is 1. The van der Waals surface area contributed by atoms with E-state index in [0.717, 1.165) is 6.42 Å². The van der Waals surface area contributed by atoms with Crippen molar-refractivity contribution in [3.8, 4) is 0 Å². The lowest BCUT2D eigenvalue weighted by Gasteiger charge is -2.27. The molecule has 0 aliphatic carbocycles. The Balaban J connectivity index is 1.94. The molecule has 3 atom stereocenters. The lowest BCUT2D eigenvalue weighted by Crippen LogP contribution is -2.44. The van der Waals surface area contributed by atoms with Crippen molar-refractivity contribution in [2.24, 2.45) is 5.92 Å². The second-order valence-electron chi connectivity index (χ2n) is 7.94. The molecule has 25 heavy (non-hydrogen) atoms. The molecule has 2 fully saturated rings. The van der Waals surface area contributed by atoms with Gasteiger partial charge in [-0.3, -0.25) is 9.59 Å². The van der Waals surface area contributed by atoms with Gasteiger partial charge in [0.05, 0.1) is 26.2 Å². The van der Waals surface area contributed by atoms with Crippen LogP contribution >= 0.6 is 0 Å². The van der Waals surface area contributed by atoms with Gasteiger partial charge in [0.1, 0.15) is 11.6 Å². The van der Waals surface area contributed by atoms with E-state index in [4.69, 9.17) is 18.9 Å². The van der Waals surface area contributed by atoms with E-state index in [2.05, 4.69) is 5.32 Å². The molecule has 144 valence electrons. The van der Waals surface area contributed by atoms with Gasteiger partial charge in [-0.25, -0.2) is 0 Å². The zero-order chi connectivity index (χ0) is 18.7. The first-order valence-electron chi connectivity index (χ1n) is 8.98. The minimum atomic E-state index is -0.643. The van der Waals surface area contributed by atoms with Crippen molar-refractivity contribution >= 4 is 11.9 Å². The maximum Gasteiger partial charge on any atom is 0.323 e. The van der Waals surface area contributed by atoms with Gasteiger partial charge in [0.2, 0.25) is 0 Å². The Hall–Kier alpha value is -1.18. The van der Waals surface area contributed by atoms with Gasteiger partial charge in [-0.2, -0.15) is 0 Å². The van der Waals surface area contributed by atoms with Gasteiger partial charge >= 0.3 is 11.9 Å². The van der Waals surface area contributed by atoms with Crippen molar-refractivity contribution in [3.05, 3.63) is 0 Å². The molecule has 2 saturated heterocycles. The minimum absolute atomic E-state index is 0.116. The fourth-order valence-electron chi connectivity index (χ4n) is 3.40. The number of carbonyl (C=O) groups excluding carboxylic acids is 2. The number of rotatable bonds is 6. The number of carbonyl (C=O) groups is 2. The van der Waals surface area contributed by atoms with Crippen LogP contribution in [0.3, 0.4) is 0 Å². The summed E-state index contributed by atoms with van der Waals surface area (Å²) in [6.45, 7) is 8.56. The zero-order valence-corrected chi connectivity index (χ0v) is 15.9. The molecule has 0 saturated carbocycles. The SMILES string of the molecule is COC(=O)C(CCC1(C)OCCO1)[C@H]1CC[C@@H](C(=O)OC(C)(C)C)N1. The average Bonchev–Trinajstić information content (AvgIpc) is 3.15. The maximum absolute atomic E-state index is 12.3. The molecular formula is C18H31NO6. The van der Waals surface area contributed by atoms with Crippen LogP contribution in [0.2, 0.25) is 0 Å². The molecule has 7 heteroatoms. The second-order valence-corrected chi connectivity index (χ2v) is 7.94. The molecule has 1 N–H and O–H groups in total. The van der Waals surface area contributed by atoms with E-state index in [1.807, 2.05) is 27.7 Å². The zero-order valence-electron chi connectivity index (χ0n) is 15.9. The molecule has 0 spiro atoms. The molecule has 2 rings (SSSR count). The first kappa shape index (κ1) is 20.1. The van der Waals surface area contributed by atoms with Gasteiger partial charge in [-0.05, 0) is 47.0 Å². The summed E-state index contributed by atoms with van der Waals surface area (Å²) in [4.78, 5) is 24.5. The minimum Gasteiger partial charge on any atom is -0.469 e. The highest BCUT2D eigenvalue weighted by molar-refractivity contribution is 5.77. The molecule has 0 amide bonds. The Morgan fingerprint density at radius 1 is 1.24 bits per heavy atom. The summed E-state index contributed by atoms with van der Waals surface area (Å²) in [5.74, 6) is -1.53. The summed E-state index contributed by atoms with van der Waals surface area (Å²) >= 11 is 0. The van der Waals surface area contributed by atoms with Gasteiger partial charge in [0.15, 0.2) is 5.79 Å². The smallest absolute Gasteiger partial charge is 0.323 e. The van der Waals surface area contributed by atoms with Crippen LogP contribution in [0.25, 0.3) is 0 Å². The monoisotopic (exact) mass is 357 g/mol. The van der Waals surface area contributed by atoms with Gasteiger partial charge in [-0.15, -0.1) is 0 Å². The summed E-state index contributed by atoms with van der Waals surface area (Å²) < 4.78 is 21.6. The first-order chi connectivity index (χ1) is 11.6. The lowest BCUT2D eigenvalue weighted by molar-refractivity contribution is -0.159. The fraction of sp³-hybridized carbons (Fsp3) is 0.889. The highest BCUT2D eigenvalue weighted by atomic mass is 16.7. The van der Waals surface area contributed by atoms with Gasteiger partial charge < -0.3 is 24.3 Å². The molecule has 0 aromatic rings. The van der Waals surface area contributed by atoms with E-state index in [1.165, 1.54) is 7.11 Å². The van der Waals surface area contributed by atoms with E-state index in [9.17, 15) is 9.59 Å². The van der Waals surface area contributed by atoms with E-state index in [1.54, 1.807) is 0 Å². The normalized spacial score (nSPS) is 27.1. The highest BCUT2D eigenvalue weighted by Gasteiger charge is 2.41. The molecule has 1 unspecified atom stereocenters. The molecule has 0 aromatic heterocycles. The number of ether oxygens (including phenoxy) is 4. The molecule has 2 heterocycles. The van der Waals surface area contributed by atoms with Crippen molar-refractivity contribution in [2.45, 2.75) is 76.9 Å². The van der Waals surface area contributed by atoms with Gasteiger partial charge in [-0.1, -0.05) is 0 Å². The van der Waals surface area contributed by atoms with E-state index in [0.29, 0.717) is 32.5 Å². The fourth-order valence-corrected chi connectivity index (χ4v) is 3.40.